The highest BCUT2D eigenvalue weighted by atomic mass is 32.1. The van der Waals surface area contributed by atoms with E-state index in [4.69, 9.17) is 5.11 Å². The highest BCUT2D eigenvalue weighted by molar-refractivity contribution is 7.81. The van der Waals surface area contributed by atoms with Gasteiger partial charge in [-0.25, -0.2) is 0 Å². The van der Waals surface area contributed by atoms with E-state index >= 15 is 0 Å². The van der Waals surface area contributed by atoms with Crippen LogP contribution in [0.4, 0.5) is 0 Å². The second kappa shape index (κ2) is 4.21. The molecule has 0 heterocycles. The van der Waals surface area contributed by atoms with Crippen LogP contribution in [0.2, 0.25) is 0 Å². The van der Waals surface area contributed by atoms with Crippen molar-refractivity contribution in [2.75, 3.05) is 6.61 Å². The molecule has 1 nitrogen and oxygen atoms in total. The fraction of sp³-hybridized carbons (Fsp3) is 1.00. The molecule has 0 bridgehead atoms. The molecule has 0 aromatic rings. The lowest BCUT2D eigenvalue weighted by Gasteiger charge is -2.11. The molecular formula is C6H14OS. The Kier molecular flexibility index (Phi) is 4.38. The van der Waals surface area contributed by atoms with E-state index < -0.39 is 0 Å². The summed E-state index contributed by atoms with van der Waals surface area (Å²) in [5.41, 5.74) is 0. The first kappa shape index (κ1) is 8.31. The molecule has 0 saturated carbocycles. The van der Waals surface area contributed by atoms with Gasteiger partial charge in [0.2, 0.25) is 0 Å². The van der Waals surface area contributed by atoms with Crippen LogP contribution in [0, 0.1) is 5.92 Å². The van der Waals surface area contributed by atoms with Crippen molar-refractivity contribution >= 4 is 12.6 Å². The van der Waals surface area contributed by atoms with Crippen molar-refractivity contribution in [1.82, 2.24) is 0 Å². The van der Waals surface area contributed by atoms with Crippen LogP contribution in [0.1, 0.15) is 20.3 Å². The van der Waals surface area contributed by atoms with Gasteiger partial charge in [0.05, 0.1) is 0 Å². The quantitative estimate of drug-likeness (QED) is 0.558. The topological polar surface area (TPSA) is 20.2 Å². The first-order valence-electron chi connectivity index (χ1n) is 2.97. The molecule has 0 aromatic heterocycles. The van der Waals surface area contributed by atoms with Crippen LogP contribution in [0.3, 0.4) is 0 Å². The van der Waals surface area contributed by atoms with Gasteiger partial charge in [0.25, 0.3) is 0 Å². The molecule has 0 saturated heterocycles. The molecule has 1 atom stereocenters. The Balaban J connectivity index is 3.17. The molecule has 8 heavy (non-hydrogen) atoms. The maximum atomic E-state index is 8.44. The zero-order chi connectivity index (χ0) is 6.57. The third-order valence-corrected chi connectivity index (χ3v) is 2.05. The number of thiol groups is 1. The molecule has 0 amide bonds. The lowest BCUT2D eigenvalue weighted by atomic mass is 10.1. The smallest absolute Gasteiger partial charge is 0.0441 e. The maximum absolute atomic E-state index is 8.44. The number of hydrogen-bond acceptors (Lipinski definition) is 2. The zero-order valence-electron chi connectivity index (χ0n) is 5.46. The van der Waals surface area contributed by atoms with Crippen LogP contribution in [0.25, 0.3) is 0 Å². The summed E-state index contributed by atoms with van der Waals surface area (Å²) in [6, 6.07) is 0. The van der Waals surface area contributed by atoms with E-state index in [1.165, 1.54) is 0 Å². The molecule has 0 unspecified atom stereocenters. The fourth-order valence-electron chi connectivity index (χ4n) is 0.466. The second-order valence-electron chi connectivity index (χ2n) is 2.32. The zero-order valence-corrected chi connectivity index (χ0v) is 6.36. The summed E-state index contributed by atoms with van der Waals surface area (Å²) in [4.78, 5) is 0. The van der Waals surface area contributed by atoms with Gasteiger partial charge in [-0.05, 0) is 12.3 Å². The third kappa shape index (κ3) is 3.33. The monoisotopic (exact) mass is 134 g/mol. The molecule has 0 fully saturated rings. The first-order chi connectivity index (χ1) is 3.68. The van der Waals surface area contributed by atoms with E-state index in [0.29, 0.717) is 11.2 Å². The van der Waals surface area contributed by atoms with Gasteiger partial charge < -0.3 is 5.11 Å². The molecule has 0 spiro atoms. The summed E-state index contributed by atoms with van der Waals surface area (Å²) in [5, 5.41) is 8.80. The average molecular weight is 134 g/mol. The van der Waals surface area contributed by atoms with E-state index in [2.05, 4.69) is 26.5 Å². The van der Waals surface area contributed by atoms with E-state index in [9.17, 15) is 0 Å². The van der Waals surface area contributed by atoms with Crippen LogP contribution in [-0.4, -0.2) is 17.0 Å². The number of aliphatic hydroxyl groups excluding tert-OH is 1. The molecule has 1 N–H and O–H groups in total. The minimum Gasteiger partial charge on any atom is -0.396 e. The summed E-state index contributed by atoms with van der Waals surface area (Å²) >= 11 is 4.24. The fourth-order valence-corrected chi connectivity index (χ4v) is 0.581. The Labute approximate surface area is 56.5 Å². The summed E-state index contributed by atoms with van der Waals surface area (Å²) in [6.07, 6.45) is 0.806. The van der Waals surface area contributed by atoms with Crippen molar-refractivity contribution in [3.05, 3.63) is 0 Å². The molecule has 2 heteroatoms. The summed E-state index contributed by atoms with van der Waals surface area (Å²) in [7, 11) is 0. The molecule has 0 radical (unpaired) electrons. The van der Waals surface area contributed by atoms with E-state index in [1.54, 1.807) is 0 Å². The Morgan fingerprint density at radius 2 is 2.00 bits per heavy atom. The number of rotatable bonds is 3. The second-order valence-corrected chi connectivity index (χ2v) is 2.99. The molecule has 0 aliphatic rings. The maximum Gasteiger partial charge on any atom is 0.0441 e. The van der Waals surface area contributed by atoms with Crippen molar-refractivity contribution < 1.29 is 5.11 Å². The average Bonchev–Trinajstić information content (AvgIpc) is 1.67. The molecular weight excluding hydrogens is 120 g/mol. The molecule has 0 rings (SSSR count). The van der Waals surface area contributed by atoms with Gasteiger partial charge in [-0.2, -0.15) is 12.6 Å². The summed E-state index contributed by atoms with van der Waals surface area (Å²) in [6.45, 7) is 4.47. The largest absolute Gasteiger partial charge is 0.396 e. The van der Waals surface area contributed by atoms with Gasteiger partial charge in [-0.15, -0.1) is 0 Å². The van der Waals surface area contributed by atoms with Crippen molar-refractivity contribution in [2.24, 2.45) is 5.92 Å². The van der Waals surface area contributed by atoms with Crippen LogP contribution in [0.15, 0.2) is 0 Å². The minimum absolute atomic E-state index is 0.256. The van der Waals surface area contributed by atoms with E-state index in [0.717, 1.165) is 6.42 Å². The van der Waals surface area contributed by atoms with Crippen molar-refractivity contribution in [3.8, 4) is 0 Å². The highest BCUT2D eigenvalue weighted by Gasteiger charge is 2.05. The Morgan fingerprint density at radius 1 is 1.50 bits per heavy atom. The molecule has 0 aliphatic heterocycles. The molecule has 0 aliphatic carbocycles. The number of aliphatic hydroxyl groups is 1. The lowest BCUT2D eigenvalue weighted by Crippen LogP contribution is -2.09. The predicted molar refractivity (Wildman–Crippen MR) is 39.3 cm³/mol. The van der Waals surface area contributed by atoms with E-state index in [-0.39, 0.29) is 6.61 Å². The Hall–Kier alpha value is 0.310. The number of hydrogen-bond donors (Lipinski definition) is 2. The minimum atomic E-state index is 0.256. The van der Waals surface area contributed by atoms with Crippen LogP contribution in [0.5, 0.6) is 0 Å². The third-order valence-electron chi connectivity index (χ3n) is 1.19. The standard InChI is InChI=1S/C6H14OS/c1-5(2)6(8)3-4-7/h5-8H,3-4H2,1-2H3/t6-/m0/s1. The van der Waals surface area contributed by atoms with Gasteiger partial charge in [-0.3, -0.25) is 0 Å². The van der Waals surface area contributed by atoms with E-state index in [1.807, 2.05) is 0 Å². The van der Waals surface area contributed by atoms with Crippen LogP contribution in [-0.2, 0) is 0 Å². The van der Waals surface area contributed by atoms with Gasteiger partial charge in [0.15, 0.2) is 0 Å². The van der Waals surface area contributed by atoms with Crippen LogP contribution >= 0.6 is 12.6 Å². The Morgan fingerprint density at radius 3 is 2.12 bits per heavy atom. The van der Waals surface area contributed by atoms with Gasteiger partial charge in [-0.1, -0.05) is 13.8 Å². The SMILES string of the molecule is CC(C)[C@@H](S)CCO. The van der Waals surface area contributed by atoms with Gasteiger partial charge >= 0.3 is 0 Å². The first-order valence-corrected chi connectivity index (χ1v) is 3.49. The van der Waals surface area contributed by atoms with Crippen LogP contribution < -0.4 is 0 Å². The normalized spacial score (nSPS) is 14.6. The van der Waals surface area contributed by atoms with Gasteiger partial charge in [0, 0.05) is 11.9 Å². The summed E-state index contributed by atoms with van der Waals surface area (Å²) < 4.78 is 0. The summed E-state index contributed by atoms with van der Waals surface area (Å²) in [5.74, 6) is 0.575. The van der Waals surface area contributed by atoms with Crippen molar-refractivity contribution in [1.29, 1.82) is 0 Å². The van der Waals surface area contributed by atoms with Crippen molar-refractivity contribution in [2.45, 2.75) is 25.5 Å². The van der Waals surface area contributed by atoms with Crippen molar-refractivity contribution in [3.63, 3.8) is 0 Å². The molecule has 50 valence electrons. The molecule has 0 aromatic carbocycles. The Bertz CT molecular complexity index is 54.5. The highest BCUT2D eigenvalue weighted by Crippen LogP contribution is 2.11. The van der Waals surface area contributed by atoms with Gasteiger partial charge in [0.1, 0.15) is 0 Å². The predicted octanol–water partition coefficient (Wildman–Crippen LogP) is 1.32. The lowest BCUT2D eigenvalue weighted by molar-refractivity contribution is 0.279.